The maximum Gasteiger partial charge on any atom is 0.365 e. The molecule has 8 nitrogen and oxygen atoms in total. The third-order valence-electron chi connectivity index (χ3n) is 6.27. The number of nitrogens with one attached hydrogen (secondary N) is 1. The first-order valence-electron chi connectivity index (χ1n) is 11.6. The van der Waals surface area contributed by atoms with E-state index in [1.807, 2.05) is 6.07 Å². The van der Waals surface area contributed by atoms with Gasteiger partial charge in [-0.1, -0.05) is 38.5 Å². The van der Waals surface area contributed by atoms with E-state index >= 15 is 0 Å². The van der Waals surface area contributed by atoms with Gasteiger partial charge in [-0.05, 0) is 43.4 Å². The van der Waals surface area contributed by atoms with Crippen molar-refractivity contribution in [2.75, 3.05) is 7.11 Å². The average Bonchev–Trinajstić information content (AvgIpc) is 2.83. The molecule has 0 aliphatic heterocycles. The fourth-order valence-electron chi connectivity index (χ4n) is 4.50. The zero-order valence-electron chi connectivity index (χ0n) is 18.6. The minimum absolute atomic E-state index is 0.0290. The number of rotatable bonds is 7. The standard InChI is InChI=1S/C24H32N2O6/c1-29-20-12-13-21-17(14-23(27)30-22(21)15-20)16-26(32-19-10-6-3-7-11-19)24(28)25-31-18-8-4-2-5-9-18/h12-15,18-19H,2-11,16H2,1H3,(H,25,28). The highest BCUT2D eigenvalue weighted by Gasteiger charge is 2.25. The Labute approximate surface area is 187 Å². The van der Waals surface area contributed by atoms with Crippen molar-refractivity contribution in [2.24, 2.45) is 0 Å². The van der Waals surface area contributed by atoms with E-state index < -0.39 is 11.7 Å². The highest BCUT2D eigenvalue weighted by Crippen LogP contribution is 2.26. The van der Waals surface area contributed by atoms with Crippen LogP contribution in [0.4, 0.5) is 4.79 Å². The lowest BCUT2D eigenvalue weighted by molar-refractivity contribution is -0.183. The molecule has 2 aromatic rings. The summed E-state index contributed by atoms with van der Waals surface area (Å²) in [5, 5.41) is 2.01. The summed E-state index contributed by atoms with van der Waals surface area (Å²) in [4.78, 5) is 37.0. The van der Waals surface area contributed by atoms with Crippen LogP contribution >= 0.6 is 0 Å². The number of carbonyl (C=O) groups is 1. The molecule has 0 radical (unpaired) electrons. The maximum atomic E-state index is 13.0. The molecule has 8 heteroatoms. The lowest BCUT2D eigenvalue weighted by Crippen LogP contribution is -2.43. The summed E-state index contributed by atoms with van der Waals surface area (Å²) in [6.07, 6.45) is 10.5. The van der Waals surface area contributed by atoms with Crippen molar-refractivity contribution in [2.45, 2.75) is 83.0 Å². The molecule has 0 atom stereocenters. The summed E-state index contributed by atoms with van der Waals surface area (Å²) in [7, 11) is 1.56. The van der Waals surface area contributed by atoms with Gasteiger partial charge < -0.3 is 9.15 Å². The Hall–Kier alpha value is -2.58. The van der Waals surface area contributed by atoms with Crippen molar-refractivity contribution >= 4 is 17.0 Å². The molecule has 1 aromatic heterocycles. The Morgan fingerprint density at radius 2 is 1.72 bits per heavy atom. The van der Waals surface area contributed by atoms with Crippen LogP contribution in [0.2, 0.25) is 0 Å². The number of methoxy groups -OCH3 is 1. The fraction of sp³-hybridized carbons (Fsp3) is 0.583. The van der Waals surface area contributed by atoms with Crippen LogP contribution in [0.25, 0.3) is 11.0 Å². The molecular weight excluding hydrogens is 412 g/mol. The van der Waals surface area contributed by atoms with Gasteiger partial charge in [0.2, 0.25) is 0 Å². The van der Waals surface area contributed by atoms with Crippen molar-refractivity contribution in [1.29, 1.82) is 0 Å². The Kier molecular flexibility index (Phi) is 7.65. The van der Waals surface area contributed by atoms with Gasteiger partial charge in [-0.25, -0.2) is 15.1 Å². The van der Waals surface area contributed by atoms with Crippen LogP contribution < -0.4 is 15.8 Å². The zero-order chi connectivity index (χ0) is 22.3. The molecule has 0 unspecified atom stereocenters. The van der Waals surface area contributed by atoms with Crippen molar-refractivity contribution in [1.82, 2.24) is 10.5 Å². The second kappa shape index (κ2) is 10.8. The number of fused-ring (bicyclic) bond motifs is 1. The van der Waals surface area contributed by atoms with Gasteiger partial charge in [0.15, 0.2) is 0 Å². The number of carbonyl (C=O) groups excluding carboxylic acids is 1. The van der Waals surface area contributed by atoms with E-state index in [0.29, 0.717) is 16.9 Å². The molecule has 4 rings (SSSR count). The third kappa shape index (κ3) is 5.81. The number of hydroxylamine groups is 3. The summed E-state index contributed by atoms with van der Waals surface area (Å²) in [6, 6.07) is 6.22. The topological polar surface area (TPSA) is 90.2 Å². The van der Waals surface area contributed by atoms with E-state index in [9.17, 15) is 9.59 Å². The van der Waals surface area contributed by atoms with E-state index in [0.717, 1.165) is 56.8 Å². The van der Waals surface area contributed by atoms with Gasteiger partial charge in [0, 0.05) is 17.5 Å². The SMILES string of the molecule is COc1ccc2c(CN(OC3CCCCC3)C(=O)NOC3CCCCC3)cc(=O)oc2c1. The Morgan fingerprint density at radius 1 is 1.03 bits per heavy atom. The number of amides is 2. The monoisotopic (exact) mass is 444 g/mol. The van der Waals surface area contributed by atoms with Gasteiger partial charge >= 0.3 is 11.7 Å². The second-order valence-corrected chi connectivity index (χ2v) is 8.64. The predicted octanol–water partition coefficient (Wildman–Crippen LogP) is 4.84. The van der Waals surface area contributed by atoms with Crippen LogP contribution in [0.3, 0.4) is 0 Å². The van der Waals surface area contributed by atoms with Gasteiger partial charge in [0.25, 0.3) is 0 Å². The molecule has 1 N–H and O–H groups in total. The highest BCUT2D eigenvalue weighted by molar-refractivity contribution is 5.82. The van der Waals surface area contributed by atoms with E-state index in [-0.39, 0.29) is 18.8 Å². The Balaban J connectivity index is 1.53. The molecule has 0 saturated heterocycles. The quantitative estimate of drug-likeness (QED) is 0.485. The normalized spacial score (nSPS) is 17.9. The molecule has 1 aromatic carbocycles. The van der Waals surface area contributed by atoms with Crippen LogP contribution in [0.5, 0.6) is 5.75 Å². The van der Waals surface area contributed by atoms with Crippen molar-refractivity contribution in [3.8, 4) is 5.75 Å². The van der Waals surface area contributed by atoms with Gasteiger partial charge in [0.1, 0.15) is 11.3 Å². The first-order valence-corrected chi connectivity index (χ1v) is 11.6. The second-order valence-electron chi connectivity index (χ2n) is 8.64. The largest absolute Gasteiger partial charge is 0.497 e. The maximum absolute atomic E-state index is 13.0. The first-order chi connectivity index (χ1) is 15.6. The molecule has 2 amide bonds. The third-order valence-corrected chi connectivity index (χ3v) is 6.27. The van der Waals surface area contributed by atoms with Crippen LogP contribution in [-0.4, -0.2) is 30.4 Å². The lowest BCUT2D eigenvalue weighted by atomic mass is 9.98. The summed E-state index contributed by atoms with van der Waals surface area (Å²) in [6.45, 7) is 0.102. The van der Waals surface area contributed by atoms with E-state index in [1.165, 1.54) is 24.0 Å². The van der Waals surface area contributed by atoms with Gasteiger partial charge in [0.05, 0.1) is 25.9 Å². The number of hydrogen-bond acceptors (Lipinski definition) is 6. The molecule has 0 spiro atoms. The molecule has 2 aliphatic carbocycles. The van der Waals surface area contributed by atoms with E-state index in [1.54, 1.807) is 19.2 Å². The van der Waals surface area contributed by atoms with Crippen molar-refractivity contribution in [3.05, 3.63) is 40.2 Å². The summed E-state index contributed by atoms with van der Waals surface area (Å²) < 4.78 is 10.6. The predicted molar refractivity (Wildman–Crippen MR) is 119 cm³/mol. The molecule has 1 heterocycles. The van der Waals surface area contributed by atoms with Crippen LogP contribution in [0, 0.1) is 0 Å². The Bertz CT molecular complexity index is 963. The van der Waals surface area contributed by atoms with Gasteiger partial charge in [-0.2, -0.15) is 5.06 Å². The minimum atomic E-state index is -0.489. The Morgan fingerprint density at radius 3 is 2.41 bits per heavy atom. The minimum Gasteiger partial charge on any atom is -0.497 e. The summed E-state index contributed by atoms with van der Waals surface area (Å²) in [5.74, 6) is 0.590. The van der Waals surface area contributed by atoms with Gasteiger partial charge in [-0.15, -0.1) is 0 Å². The smallest absolute Gasteiger partial charge is 0.365 e. The molecule has 2 fully saturated rings. The number of ether oxygens (including phenoxy) is 1. The summed E-state index contributed by atoms with van der Waals surface area (Å²) >= 11 is 0. The van der Waals surface area contributed by atoms with E-state index in [2.05, 4.69) is 5.48 Å². The molecule has 174 valence electrons. The molecular formula is C24H32N2O6. The highest BCUT2D eigenvalue weighted by atomic mass is 16.7. The molecule has 32 heavy (non-hydrogen) atoms. The number of hydrogen-bond donors (Lipinski definition) is 1. The molecule has 2 saturated carbocycles. The average molecular weight is 445 g/mol. The van der Waals surface area contributed by atoms with E-state index in [4.69, 9.17) is 18.8 Å². The molecule has 2 aliphatic rings. The van der Waals surface area contributed by atoms with Crippen molar-refractivity contribution in [3.63, 3.8) is 0 Å². The first kappa shape index (κ1) is 22.6. The van der Waals surface area contributed by atoms with Crippen molar-refractivity contribution < 1.29 is 23.6 Å². The molecule has 0 bridgehead atoms. The lowest BCUT2D eigenvalue weighted by Gasteiger charge is -2.30. The zero-order valence-corrected chi connectivity index (χ0v) is 18.6. The number of benzene rings is 1. The summed E-state index contributed by atoms with van der Waals surface area (Å²) in [5.41, 5.74) is 3.14. The van der Waals surface area contributed by atoms with Crippen LogP contribution in [-0.2, 0) is 16.2 Å². The van der Waals surface area contributed by atoms with Crippen LogP contribution in [0.1, 0.15) is 69.8 Å². The van der Waals surface area contributed by atoms with Gasteiger partial charge in [-0.3, -0.25) is 9.68 Å². The fourth-order valence-corrected chi connectivity index (χ4v) is 4.50. The number of nitrogens with zero attached hydrogens (tertiary/aromatic N) is 1. The number of urea groups is 1. The van der Waals surface area contributed by atoms with Crippen LogP contribution in [0.15, 0.2) is 33.5 Å².